The fourth-order valence-electron chi connectivity index (χ4n) is 3.43. The zero-order valence-corrected chi connectivity index (χ0v) is 20.5. The average Bonchev–Trinajstić information content (AvgIpc) is 2.89. The Kier molecular flexibility index (Phi) is 8.05. The van der Waals surface area contributed by atoms with E-state index in [2.05, 4.69) is 16.0 Å². The van der Waals surface area contributed by atoms with E-state index in [1.54, 1.807) is 54.6 Å². The first-order valence-corrected chi connectivity index (χ1v) is 11.7. The quantitative estimate of drug-likeness (QED) is 0.276. The lowest BCUT2D eigenvalue weighted by Crippen LogP contribution is -2.34. The number of thiocarbonyl (C=S) groups is 1. The van der Waals surface area contributed by atoms with E-state index in [1.807, 2.05) is 55.5 Å². The largest absolute Gasteiger partial charge is 0.489 e. The summed E-state index contributed by atoms with van der Waals surface area (Å²) in [7, 11) is 0. The summed E-state index contributed by atoms with van der Waals surface area (Å²) in [5, 5.41) is 8.68. The van der Waals surface area contributed by atoms with Crippen LogP contribution in [0.2, 0.25) is 0 Å². The van der Waals surface area contributed by atoms with E-state index in [9.17, 15) is 9.59 Å². The van der Waals surface area contributed by atoms with Crippen LogP contribution in [0.3, 0.4) is 0 Å². The van der Waals surface area contributed by atoms with E-state index in [-0.39, 0.29) is 16.9 Å². The third kappa shape index (κ3) is 7.01. The van der Waals surface area contributed by atoms with Gasteiger partial charge < -0.3 is 15.4 Å². The van der Waals surface area contributed by atoms with Gasteiger partial charge in [-0.25, -0.2) is 0 Å². The first-order chi connectivity index (χ1) is 17.5. The van der Waals surface area contributed by atoms with E-state index in [1.165, 1.54) is 0 Å². The standard InChI is InChI=1S/C29H25N3O3S/c1-20-7-5-10-22(17-20)27(33)30-24-13-15-25(16-14-24)31-29(36)32-28(34)23-11-6-12-26(18-23)35-19-21-8-3-2-4-9-21/h2-18H,19H2,1H3,(H,30,33)(H2,31,32,34,36). The Bertz CT molecular complexity index is 1370. The van der Waals surface area contributed by atoms with Crippen LogP contribution in [0.25, 0.3) is 0 Å². The Morgan fingerprint density at radius 1 is 0.722 bits per heavy atom. The van der Waals surface area contributed by atoms with Crippen molar-refractivity contribution >= 4 is 40.5 Å². The molecular formula is C29H25N3O3S. The summed E-state index contributed by atoms with van der Waals surface area (Å²) in [6.45, 7) is 2.35. The first kappa shape index (κ1) is 24.6. The minimum atomic E-state index is -0.348. The van der Waals surface area contributed by atoms with E-state index < -0.39 is 0 Å². The third-order valence-electron chi connectivity index (χ3n) is 5.25. The normalized spacial score (nSPS) is 10.2. The summed E-state index contributed by atoms with van der Waals surface area (Å²) in [4.78, 5) is 25.1. The van der Waals surface area contributed by atoms with Gasteiger partial charge in [-0.3, -0.25) is 14.9 Å². The highest BCUT2D eigenvalue weighted by Gasteiger charge is 2.10. The van der Waals surface area contributed by atoms with E-state index >= 15 is 0 Å². The lowest BCUT2D eigenvalue weighted by molar-refractivity contribution is 0.0976. The molecule has 4 aromatic carbocycles. The van der Waals surface area contributed by atoms with Crippen LogP contribution in [-0.4, -0.2) is 16.9 Å². The molecule has 0 atom stereocenters. The van der Waals surface area contributed by atoms with Crippen LogP contribution in [0.4, 0.5) is 11.4 Å². The van der Waals surface area contributed by atoms with Crippen LogP contribution in [-0.2, 0) is 6.61 Å². The van der Waals surface area contributed by atoms with Gasteiger partial charge in [0.05, 0.1) is 0 Å². The van der Waals surface area contributed by atoms with Gasteiger partial charge in [0.1, 0.15) is 12.4 Å². The van der Waals surface area contributed by atoms with Crippen molar-refractivity contribution in [3.63, 3.8) is 0 Å². The maximum absolute atomic E-state index is 12.7. The third-order valence-corrected chi connectivity index (χ3v) is 5.46. The highest BCUT2D eigenvalue weighted by Crippen LogP contribution is 2.17. The molecule has 0 radical (unpaired) electrons. The Morgan fingerprint density at radius 2 is 1.36 bits per heavy atom. The second kappa shape index (κ2) is 11.8. The highest BCUT2D eigenvalue weighted by atomic mass is 32.1. The topological polar surface area (TPSA) is 79.5 Å². The van der Waals surface area contributed by atoms with Crippen LogP contribution in [0.5, 0.6) is 5.75 Å². The molecule has 3 N–H and O–H groups in total. The van der Waals surface area contributed by atoms with Crippen molar-refractivity contribution < 1.29 is 14.3 Å². The molecule has 4 aromatic rings. The molecule has 0 unspecified atom stereocenters. The van der Waals surface area contributed by atoms with Crippen molar-refractivity contribution in [1.82, 2.24) is 5.32 Å². The molecular weight excluding hydrogens is 470 g/mol. The van der Waals surface area contributed by atoms with Gasteiger partial charge in [0, 0.05) is 22.5 Å². The van der Waals surface area contributed by atoms with Gasteiger partial charge in [-0.1, -0.05) is 54.1 Å². The SMILES string of the molecule is Cc1cccc(C(=O)Nc2ccc(NC(=S)NC(=O)c3cccc(OCc4ccccc4)c3)cc2)c1. The zero-order valence-electron chi connectivity index (χ0n) is 19.7. The minimum absolute atomic E-state index is 0.159. The van der Waals surface area contributed by atoms with E-state index in [0.29, 0.717) is 34.9 Å². The number of rotatable bonds is 7. The fourth-order valence-corrected chi connectivity index (χ4v) is 3.64. The molecule has 4 rings (SSSR count). The number of carbonyl (C=O) groups excluding carboxylic acids is 2. The van der Waals surface area contributed by atoms with Crippen molar-refractivity contribution in [2.75, 3.05) is 10.6 Å². The summed E-state index contributed by atoms with van der Waals surface area (Å²) in [6.07, 6.45) is 0. The predicted molar refractivity (Wildman–Crippen MR) is 146 cm³/mol. The minimum Gasteiger partial charge on any atom is -0.489 e. The molecule has 7 heteroatoms. The number of ether oxygens (including phenoxy) is 1. The second-order valence-electron chi connectivity index (χ2n) is 8.11. The maximum Gasteiger partial charge on any atom is 0.257 e. The first-order valence-electron chi connectivity index (χ1n) is 11.3. The molecule has 180 valence electrons. The Hall–Kier alpha value is -4.49. The molecule has 0 aliphatic heterocycles. The summed E-state index contributed by atoms with van der Waals surface area (Å²) in [5.74, 6) is 0.0607. The van der Waals surface area contributed by atoms with Gasteiger partial charge in [-0.15, -0.1) is 0 Å². The molecule has 0 bridgehead atoms. The van der Waals surface area contributed by atoms with Crippen LogP contribution < -0.4 is 20.7 Å². The maximum atomic E-state index is 12.7. The summed E-state index contributed by atoms with van der Waals surface area (Å²) in [6, 6.07) is 31.2. The van der Waals surface area contributed by atoms with E-state index in [4.69, 9.17) is 17.0 Å². The molecule has 0 saturated carbocycles. The molecule has 0 fully saturated rings. The molecule has 0 heterocycles. The smallest absolute Gasteiger partial charge is 0.257 e. The van der Waals surface area contributed by atoms with Crippen molar-refractivity contribution in [1.29, 1.82) is 0 Å². The predicted octanol–water partition coefficient (Wildman–Crippen LogP) is 5.95. The van der Waals surface area contributed by atoms with Gasteiger partial charge in [0.25, 0.3) is 11.8 Å². The summed E-state index contributed by atoms with van der Waals surface area (Å²) in [5.41, 5.74) is 4.40. The van der Waals surface area contributed by atoms with Gasteiger partial charge in [-0.05, 0) is 79.3 Å². The Balaban J connectivity index is 1.29. The number of benzene rings is 4. The zero-order chi connectivity index (χ0) is 25.3. The van der Waals surface area contributed by atoms with Crippen LogP contribution in [0.15, 0.2) is 103 Å². The lowest BCUT2D eigenvalue weighted by atomic mass is 10.1. The van der Waals surface area contributed by atoms with Gasteiger partial charge in [-0.2, -0.15) is 0 Å². The van der Waals surface area contributed by atoms with Crippen molar-refractivity contribution in [3.05, 3.63) is 125 Å². The molecule has 0 aromatic heterocycles. The van der Waals surface area contributed by atoms with Gasteiger partial charge in [0.15, 0.2) is 5.11 Å². The summed E-state index contributed by atoms with van der Waals surface area (Å²) >= 11 is 5.30. The molecule has 2 amide bonds. The molecule has 0 saturated heterocycles. The van der Waals surface area contributed by atoms with Gasteiger partial charge >= 0.3 is 0 Å². The number of carbonyl (C=O) groups is 2. The Morgan fingerprint density at radius 3 is 2.06 bits per heavy atom. The van der Waals surface area contributed by atoms with E-state index in [0.717, 1.165) is 11.1 Å². The molecule has 0 aliphatic rings. The number of hydrogen-bond acceptors (Lipinski definition) is 4. The highest BCUT2D eigenvalue weighted by molar-refractivity contribution is 7.80. The van der Waals surface area contributed by atoms with Crippen molar-refractivity contribution in [2.24, 2.45) is 0 Å². The number of nitrogens with one attached hydrogen (secondary N) is 3. The van der Waals surface area contributed by atoms with Crippen molar-refractivity contribution in [3.8, 4) is 5.75 Å². The van der Waals surface area contributed by atoms with Crippen LogP contribution in [0.1, 0.15) is 31.8 Å². The molecule has 36 heavy (non-hydrogen) atoms. The monoisotopic (exact) mass is 495 g/mol. The molecule has 0 spiro atoms. The Labute approximate surface area is 215 Å². The number of aryl methyl sites for hydroxylation is 1. The second-order valence-corrected chi connectivity index (χ2v) is 8.52. The van der Waals surface area contributed by atoms with Crippen LogP contribution >= 0.6 is 12.2 Å². The number of amides is 2. The number of hydrogen-bond donors (Lipinski definition) is 3. The average molecular weight is 496 g/mol. The summed E-state index contributed by atoms with van der Waals surface area (Å²) < 4.78 is 5.80. The fraction of sp³-hybridized carbons (Fsp3) is 0.0690. The molecule has 6 nitrogen and oxygen atoms in total. The molecule has 0 aliphatic carbocycles. The lowest BCUT2D eigenvalue weighted by Gasteiger charge is -2.12. The number of anilines is 2. The van der Waals surface area contributed by atoms with Gasteiger partial charge in [0.2, 0.25) is 0 Å². The van der Waals surface area contributed by atoms with Crippen molar-refractivity contribution in [2.45, 2.75) is 13.5 Å². The van der Waals surface area contributed by atoms with Crippen LogP contribution in [0, 0.1) is 6.92 Å².